The van der Waals surface area contributed by atoms with Gasteiger partial charge in [-0.15, -0.1) is 0 Å². The molecule has 138 valence electrons. The van der Waals surface area contributed by atoms with Crippen LogP contribution in [-0.2, 0) is 25.8 Å². The molecule has 4 heterocycles. The molecule has 3 aliphatic heterocycles. The average Bonchev–Trinajstić information content (AvgIpc) is 3.20. The van der Waals surface area contributed by atoms with Gasteiger partial charge in [-0.25, -0.2) is 0 Å². The number of piperidine rings is 1. The number of hydrogen-bond donors (Lipinski definition) is 0. The van der Waals surface area contributed by atoms with Crippen molar-refractivity contribution in [1.82, 2.24) is 15.0 Å². The first-order valence-electron chi connectivity index (χ1n) is 10.3. The van der Waals surface area contributed by atoms with E-state index in [1.54, 1.807) is 11.1 Å². The normalized spacial score (nSPS) is 27.0. The summed E-state index contributed by atoms with van der Waals surface area (Å²) in [6.07, 6.45) is 6.13. The molecule has 0 amide bonds. The number of nitrogens with zero attached hydrogens (tertiary/aromatic N) is 3. The SMILES string of the molecule is CCc1cc(CN2C[C@@H]3CC[C@H]2CN(C2Cc4ccccc4C2)C3)on1. The van der Waals surface area contributed by atoms with Crippen molar-refractivity contribution in [3.63, 3.8) is 0 Å². The zero-order valence-corrected chi connectivity index (χ0v) is 15.7. The Balaban J connectivity index is 1.28. The van der Waals surface area contributed by atoms with Gasteiger partial charge < -0.3 is 4.52 Å². The predicted octanol–water partition coefficient (Wildman–Crippen LogP) is 3.30. The number of aromatic nitrogens is 1. The molecule has 4 nitrogen and oxygen atoms in total. The molecular weight excluding hydrogens is 322 g/mol. The molecule has 2 atom stereocenters. The quantitative estimate of drug-likeness (QED) is 0.846. The molecule has 1 aliphatic carbocycles. The highest BCUT2D eigenvalue weighted by atomic mass is 16.5. The first kappa shape index (κ1) is 16.5. The molecular formula is C22H29N3O. The van der Waals surface area contributed by atoms with Crippen LogP contribution < -0.4 is 0 Å². The third-order valence-corrected chi connectivity index (χ3v) is 6.73. The van der Waals surface area contributed by atoms with Gasteiger partial charge in [-0.05, 0) is 49.1 Å². The fourth-order valence-corrected chi connectivity index (χ4v) is 5.30. The molecule has 3 saturated heterocycles. The fraction of sp³-hybridized carbons (Fsp3) is 0.591. The number of hydrogen-bond acceptors (Lipinski definition) is 4. The van der Waals surface area contributed by atoms with Gasteiger partial charge in [0, 0.05) is 37.8 Å². The van der Waals surface area contributed by atoms with Gasteiger partial charge in [-0.2, -0.15) is 0 Å². The van der Waals surface area contributed by atoms with E-state index >= 15 is 0 Å². The van der Waals surface area contributed by atoms with E-state index in [4.69, 9.17) is 4.52 Å². The lowest BCUT2D eigenvalue weighted by Crippen LogP contribution is -2.44. The summed E-state index contributed by atoms with van der Waals surface area (Å²) >= 11 is 0. The van der Waals surface area contributed by atoms with Gasteiger partial charge in [0.05, 0.1) is 12.2 Å². The Morgan fingerprint density at radius 1 is 1.04 bits per heavy atom. The van der Waals surface area contributed by atoms with Crippen LogP contribution in [0.25, 0.3) is 0 Å². The van der Waals surface area contributed by atoms with Crippen molar-refractivity contribution in [3.05, 3.63) is 52.9 Å². The smallest absolute Gasteiger partial charge is 0.150 e. The van der Waals surface area contributed by atoms with Crippen molar-refractivity contribution in [3.8, 4) is 0 Å². The number of rotatable bonds is 4. The molecule has 0 saturated carbocycles. The van der Waals surface area contributed by atoms with Crippen molar-refractivity contribution in [2.75, 3.05) is 19.6 Å². The Bertz CT molecular complexity index is 745. The highest BCUT2D eigenvalue weighted by Crippen LogP contribution is 2.33. The molecule has 0 spiro atoms. The van der Waals surface area contributed by atoms with Crippen molar-refractivity contribution >= 4 is 0 Å². The Labute approximate surface area is 156 Å². The van der Waals surface area contributed by atoms with Crippen LogP contribution >= 0.6 is 0 Å². The van der Waals surface area contributed by atoms with Crippen LogP contribution in [0.5, 0.6) is 0 Å². The maximum Gasteiger partial charge on any atom is 0.150 e. The Hall–Kier alpha value is -1.65. The summed E-state index contributed by atoms with van der Waals surface area (Å²) in [5, 5.41) is 4.17. The lowest BCUT2D eigenvalue weighted by molar-refractivity contribution is 0.109. The van der Waals surface area contributed by atoms with E-state index in [0.29, 0.717) is 12.1 Å². The standard InChI is InChI=1S/C22H29N3O/c1-2-19-11-22(26-23-19)15-25-13-16-7-8-20(25)14-24(12-16)21-9-17-5-3-4-6-18(17)10-21/h3-6,11,16,20-21H,2,7-10,12-15H2,1H3/t16-,20+/m1/s1. The fourth-order valence-electron chi connectivity index (χ4n) is 5.30. The van der Waals surface area contributed by atoms with Crippen molar-refractivity contribution < 1.29 is 4.52 Å². The molecule has 26 heavy (non-hydrogen) atoms. The molecule has 2 bridgehead atoms. The summed E-state index contributed by atoms with van der Waals surface area (Å²) in [5.74, 6) is 1.83. The molecule has 6 rings (SSSR count). The number of fused-ring (bicyclic) bond motifs is 5. The van der Waals surface area contributed by atoms with E-state index in [9.17, 15) is 0 Å². The van der Waals surface area contributed by atoms with E-state index in [0.717, 1.165) is 30.3 Å². The maximum atomic E-state index is 5.57. The topological polar surface area (TPSA) is 32.5 Å². The third-order valence-electron chi connectivity index (χ3n) is 6.73. The third kappa shape index (κ3) is 3.10. The Morgan fingerprint density at radius 3 is 2.58 bits per heavy atom. The van der Waals surface area contributed by atoms with Crippen LogP contribution in [0.2, 0.25) is 0 Å². The molecule has 0 unspecified atom stereocenters. The van der Waals surface area contributed by atoms with Crippen LogP contribution in [0.3, 0.4) is 0 Å². The molecule has 1 aromatic carbocycles. The van der Waals surface area contributed by atoms with Crippen LogP contribution in [-0.4, -0.2) is 46.7 Å². The summed E-state index contributed by atoms with van der Waals surface area (Å²) in [4.78, 5) is 5.47. The Kier molecular flexibility index (Phi) is 4.33. The maximum absolute atomic E-state index is 5.57. The molecule has 3 fully saturated rings. The van der Waals surface area contributed by atoms with E-state index in [1.165, 1.54) is 45.3 Å². The predicted molar refractivity (Wildman–Crippen MR) is 102 cm³/mol. The lowest BCUT2D eigenvalue weighted by atomic mass is 9.95. The zero-order valence-electron chi connectivity index (χ0n) is 15.7. The highest BCUT2D eigenvalue weighted by Gasteiger charge is 2.38. The second kappa shape index (κ2) is 6.82. The first-order valence-corrected chi connectivity index (χ1v) is 10.3. The number of aryl methyl sites for hydroxylation is 1. The minimum absolute atomic E-state index is 0.660. The van der Waals surface area contributed by atoms with Gasteiger partial charge in [-0.1, -0.05) is 36.3 Å². The second-order valence-corrected chi connectivity index (χ2v) is 8.45. The molecule has 1 aromatic heterocycles. The summed E-state index contributed by atoms with van der Waals surface area (Å²) in [6.45, 7) is 6.75. The van der Waals surface area contributed by atoms with E-state index in [-0.39, 0.29) is 0 Å². The summed E-state index contributed by atoms with van der Waals surface area (Å²) < 4.78 is 5.57. The van der Waals surface area contributed by atoms with Gasteiger partial charge in [0.1, 0.15) is 0 Å². The average molecular weight is 351 g/mol. The van der Waals surface area contributed by atoms with Crippen LogP contribution in [0, 0.1) is 5.92 Å². The summed E-state index contributed by atoms with van der Waals surface area (Å²) in [5.41, 5.74) is 4.21. The van der Waals surface area contributed by atoms with Gasteiger partial charge in [0.2, 0.25) is 0 Å². The minimum atomic E-state index is 0.660. The van der Waals surface area contributed by atoms with Crippen LogP contribution in [0.15, 0.2) is 34.9 Å². The van der Waals surface area contributed by atoms with Gasteiger partial charge in [0.15, 0.2) is 5.76 Å². The van der Waals surface area contributed by atoms with E-state index in [2.05, 4.69) is 52.2 Å². The lowest BCUT2D eigenvalue weighted by Gasteiger charge is -2.35. The molecule has 0 radical (unpaired) electrons. The number of benzene rings is 1. The van der Waals surface area contributed by atoms with E-state index in [1.807, 2.05) is 0 Å². The van der Waals surface area contributed by atoms with Gasteiger partial charge in [0.25, 0.3) is 0 Å². The molecule has 0 N–H and O–H groups in total. The highest BCUT2D eigenvalue weighted by molar-refractivity contribution is 5.33. The summed E-state index contributed by atoms with van der Waals surface area (Å²) in [6, 6.07) is 12.5. The molecule has 4 heteroatoms. The van der Waals surface area contributed by atoms with Gasteiger partial charge >= 0.3 is 0 Å². The van der Waals surface area contributed by atoms with Crippen molar-refractivity contribution in [2.45, 2.75) is 57.7 Å². The zero-order chi connectivity index (χ0) is 17.5. The van der Waals surface area contributed by atoms with Crippen LogP contribution in [0.4, 0.5) is 0 Å². The molecule has 2 aromatic rings. The Morgan fingerprint density at radius 2 is 1.85 bits per heavy atom. The van der Waals surface area contributed by atoms with E-state index < -0.39 is 0 Å². The van der Waals surface area contributed by atoms with Crippen LogP contribution in [0.1, 0.15) is 42.3 Å². The van der Waals surface area contributed by atoms with Crippen molar-refractivity contribution in [2.24, 2.45) is 5.92 Å². The van der Waals surface area contributed by atoms with Gasteiger partial charge in [-0.3, -0.25) is 9.80 Å². The first-order chi connectivity index (χ1) is 12.8. The minimum Gasteiger partial charge on any atom is -0.360 e. The summed E-state index contributed by atoms with van der Waals surface area (Å²) in [7, 11) is 0. The monoisotopic (exact) mass is 351 g/mol. The molecule has 4 aliphatic rings. The second-order valence-electron chi connectivity index (χ2n) is 8.45. The van der Waals surface area contributed by atoms with Crippen molar-refractivity contribution in [1.29, 1.82) is 0 Å². The largest absolute Gasteiger partial charge is 0.360 e.